The van der Waals surface area contributed by atoms with E-state index in [4.69, 9.17) is 9.47 Å². The predicted molar refractivity (Wildman–Crippen MR) is 81.5 cm³/mol. The minimum absolute atomic E-state index is 0.0199. The topological polar surface area (TPSA) is 71.1 Å². The van der Waals surface area contributed by atoms with Crippen molar-refractivity contribution in [2.45, 2.75) is 31.8 Å². The molecule has 0 aromatic heterocycles. The number of nitrogens with one attached hydrogen (secondary N) is 1. The van der Waals surface area contributed by atoms with Gasteiger partial charge in [0.25, 0.3) is 0 Å². The van der Waals surface area contributed by atoms with Crippen molar-refractivity contribution in [1.29, 1.82) is 0 Å². The molecule has 2 amide bonds. The van der Waals surface area contributed by atoms with Crippen LogP contribution in [0.15, 0.2) is 0 Å². The van der Waals surface area contributed by atoms with Crippen LogP contribution in [0, 0.1) is 0 Å². The SMILES string of the molecule is COC[C@@H](C)NC(=O)CN1CCC[C@H]1C(=O)N1CCOCC1. The van der Waals surface area contributed by atoms with Crippen LogP contribution in [-0.2, 0) is 19.1 Å². The summed E-state index contributed by atoms with van der Waals surface area (Å²) in [7, 11) is 1.61. The van der Waals surface area contributed by atoms with E-state index in [-0.39, 0.29) is 30.4 Å². The Balaban J connectivity index is 1.84. The van der Waals surface area contributed by atoms with Crippen molar-refractivity contribution in [3.63, 3.8) is 0 Å². The van der Waals surface area contributed by atoms with Gasteiger partial charge in [-0.1, -0.05) is 0 Å². The number of rotatable bonds is 6. The third kappa shape index (κ3) is 4.66. The number of methoxy groups -OCH3 is 1. The van der Waals surface area contributed by atoms with Gasteiger partial charge in [0.1, 0.15) is 0 Å². The van der Waals surface area contributed by atoms with Crippen molar-refractivity contribution < 1.29 is 19.1 Å². The largest absolute Gasteiger partial charge is 0.383 e. The fraction of sp³-hybridized carbons (Fsp3) is 0.867. The molecular weight excluding hydrogens is 286 g/mol. The summed E-state index contributed by atoms with van der Waals surface area (Å²) in [6.07, 6.45) is 1.79. The summed E-state index contributed by atoms with van der Waals surface area (Å²) in [5, 5.41) is 2.90. The molecule has 2 atom stereocenters. The number of carbonyl (C=O) groups is 2. The Labute approximate surface area is 131 Å². The van der Waals surface area contributed by atoms with Gasteiger partial charge in [-0.15, -0.1) is 0 Å². The van der Waals surface area contributed by atoms with Gasteiger partial charge in [-0.05, 0) is 26.3 Å². The molecule has 2 saturated heterocycles. The van der Waals surface area contributed by atoms with E-state index in [2.05, 4.69) is 5.32 Å². The van der Waals surface area contributed by atoms with Gasteiger partial charge in [0.05, 0.1) is 32.4 Å². The molecule has 7 nitrogen and oxygen atoms in total. The molecule has 22 heavy (non-hydrogen) atoms. The third-order valence-corrected chi connectivity index (χ3v) is 4.14. The van der Waals surface area contributed by atoms with E-state index in [0.29, 0.717) is 32.9 Å². The molecule has 0 unspecified atom stereocenters. The van der Waals surface area contributed by atoms with Gasteiger partial charge in [0.2, 0.25) is 11.8 Å². The van der Waals surface area contributed by atoms with Crippen LogP contribution >= 0.6 is 0 Å². The molecule has 0 radical (unpaired) electrons. The molecule has 0 saturated carbocycles. The van der Waals surface area contributed by atoms with E-state index in [1.807, 2.05) is 16.7 Å². The zero-order valence-corrected chi connectivity index (χ0v) is 13.5. The lowest BCUT2D eigenvalue weighted by Gasteiger charge is -2.32. The number of likely N-dealkylation sites (tertiary alicyclic amines) is 1. The molecule has 1 N–H and O–H groups in total. The Morgan fingerprint density at radius 1 is 1.32 bits per heavy atom. The van der Waals surface area contributed by atoms with Crippen LogP contribution in [0.5, 0.6) is 0 Å². The highest BCUT2D eigenvalue weighted by molar-refractivity contribution is 5.84. The molecule has 0 aliphatic carbocycles. The quantitative estimate of drug-likeness (QED) is 0.713. The first-order chi connectivity index (χ1) is 10.6. The number of nitrogens with zero attached hydrogens (tertiary/aromatic N) is 2. The smallest absolute Gasteiger partial charge is 0.240 e. The lowest BCUT2D eigenvalue weighted by molar-refractivity contribution is -0.140. The van der Waals surface area contributed by atoms with Crippen LogP contribution in [0.25, 0.3) is 0 Å². The van der Waals surface area contributed by atoms with Gasteiger partial charge in [-0.2, -0.15) is 0 Å². The van der Waals surface area contributed by atoms with Gasteiger partial charge in [-0.3, -0.25) is 14.5 Å². The number of hydrogen-bond acceptors (Lipinski definition) is 5. The second-order valence-corrected chi connectivity index (χ2v) is 5.99. The van der Waals surface area contributed by atoms with Crippen molar-refractivity contribution >= 4 is 11.8 Å². The minimum atomic E-state index is -0.165. The number of carbonyl (C=O) groups excluding carboxylic acids is 2. The van der Waals surface area contributed by atoms with Crippen LogP contribution in [0.2, 0.25) is 0 Å². The molecule has 0 spiro atoms. The highest BCUT2D eigenvalue weighted by Crippen LogP contribution is 2.19. The second-order valence-electron chi connectivity index (χ2n) is 5.99. The van der Waals surface area contributed by atoms with E-state index in [0.717, 1.165) is 19.4 Å². The molecule has 0 aromatic rings. The molecule has 7 heteroatoms. The van der Waals surface area contributed by atoms with Crippen LogP contribution < -0.4 is 5.32 Å². The molecule has 2 aliphatic heterocycles. The fourth-order valence-corrected chi connectivity index (χ4v) is 3.09. The molecule has 0 bridgehead atoms. The molecule has 126 valence electrons. The van der Waals surface area contributed by atoms with Gasteiger partial charge >= 0.3 is 0 Å². The van der Waals surface area contributed by atoms with Gasteiger partial charge in [0, 0.05) is 26.2 Å². The van der Waals surface area contributed by atoms with Crippen molar-refractivity contribution in [3.8, 4) is 0 Å². The van der Waals surface area contributed by atoms with Crippen LogP contribution in [0.4, 0.5) is 0 Å². The van der Waals surface area contributed by atoms with E-state index in [9.17, 15) is 9.59 Å². The molecule has 0 aromatic carbocycles. The highest BCUT2D eigenvalue weighted by atomic mass is 16.5. The number of ether oxygens (including phenoxy) is 2. The Morgan fingerprint density at radius 2 is 2.05 bits per heavy atom. The van der Waals surface area contributed by atoms with Crippen LogP contribution in [-0.4, -0.2) is 86.8 Å². The van der Waals surface area contributed by atoms with Crippen LogP contribution in [0.1, 0.15) is 19.8 Å². The Morgan fingerprint density at radius 3 is 2.73 bits per heavy atom. The zero-order chi connectivity index (χ0) is 15.9. The Bertz CT molecular complexity index is 385. The minimum Gasteiger partial charge on any atom is -0.383 e. The lowest BCUT2D eigenvalue weighted by Crippen LogP contribution is -2.52. The lowest BCUT2D eigenvalue weighted by atomic mass is 10.2. The number of amides is 2. The second kappa shape index (κ2) is 8.45. The molecule has 2 rings (SSSR count). The summed E-state index contributed by atoms with van der Waals surface area (Å²) in [5.74, 6) is 0.0877. The number of morpholine rings is 1. The maximum Gasteiger partial charge on any atom is 0.240 e. The van der Waals surface area contributed by atoms with E-state index in [1.165, 1.54) is 0 Å². The summed E-state index contributed by atoms with van der Waals surface area (Å²) in [6.45, 7) is 5.98. The fourth-order valence-electron chi connectivity index (χ4n) is 3.09. The summed E-state index contributed by atoms with van der Waals surface area (Å²) >= 11 is 0. The Kier molecular flexibility index (Phi) is 6.60. The first-order valence-corrected chi connectivity index (χ1v) is 8.00. The summed E-state index contributed by atoms with van der Waals surface area (Å²) < 4.78 is 10.3. The Hall–Kier alpha value is -1.18. The van der Waals surface area contributed by atoms with Crippen LogP contribution in [0.3, 0.4) is 0 Å². The monoisotopic (exact) mass is 313 g/mol. The maximum atomic E-state index is 12.6. The van der Waals surface area contributed by atoms with E-state index in [1.54, 1.807) is 7.11 Å². The zero-order valence-electron chi connectivity index (χ0n) is 13.5. The normalized spacial score (nSPS) is 24.3. The predicted octanol–water partition coefficient (Wildman–Crippen LogP) is -0.539. The first kappa shape index (κ1) is 17.2. The van der Waals surface area contributed by atoms with E-state index < -0.39 is 0 Å². The summed E-state index contributed by atoms with van der Waals surface area (Å²) in [5.41, 5.74) is 0. The van der Waals surface area contributed by atoms with Crippen molar-refractivity contribution in [2.75, 3.05) is 53.1 Å². The third-order valence-electron chi connectivity index (χ3n) is 4.14. The summed E-state index contributed by atoms with van der Waals surface area (Å²) in [4.78, 5) is 28.5. The molecule has 2 aliphatic rings. The average Bonchev–Trinajstić information content (AvgIpc) is 2.95. The number of hydrogen-bond donors (Lipinski definition) is 1. The van der Waals surface area contributed by atoms with Gasteiger partial charge in [-0.25, -0.2) is 0 Å². The van der Waals surface area contributed by atoms with Crippen molar-refractivity contribution in [2.24, 2.45) is 0 Å². The maximum absolute atomic E-state index is 12.6. The standard InChI is InChI=1S/C15H27N3O4/c1-12(11-21-2)16-14(19)10-18-5-3-4-13(18)15(20)17-6-8-22-9-7-17/h12-13H,3-11H2,1-2H3,(H,16,19)/t12-,13+/m1/s1. The van der Waals surface area contributed by atoms with Gasteiger partial charge < -0.3 is 19.7 Å². The first-order valence-electron chi connectivity index (χ1n) is 8.00. The molecule has 2 fully saturated rings. The molecule has 2 heterocycles. The van der Waals surface area contributed by atoms with E-state index >= 15 is 0 Å². The van der Waals surface area contributed by atoms with Gasteiger partial charge in [0.15, 0.2) is 0 Å². The van der Waals surface area contributed by atoms with Crippen molar-refractivity contribution in [3.05, 3.63) is 0 Å². The van der Waals surface area contributed by atoms with Crippen molar-refractivity contribution in [1.82, 2.24) is 15.1 Å². The highest BCUT2D eigenvalue weighted by Gasteiger charge is 2.35. The summed E-state index contributed by atoms with van der Waals surface area (Å²) in [6, 6.07) is -0.185. The molecular formula is C15H27N3O4. The average molecular weight is 313 g/mol.